The number of hydrazone groups is 1. The largest absolute Gasteiger partial charge is 0.466 e. The summed E-state index contributed by atoms with van der Waals surface area (Å²) >= 11 is 0. The molecule has 130 valence electrons. The first kappa shape index (κ1) is 15.1. The van der Waals surface area contributed by atoms with Gasteiger partial charge in [0.25, 0.3) is 0 Å². The lowest BCUT2D eigenvalue weighted by atomic mass is 9.82. The Kier molecular flexibility index (Phi) is 3.24. The van der Waals surface area contributed by atoms with Crippen LogP contribution >= 0.6 is 0 Å². The van der Waals surface area contributed by atoms with Crippen molar-refractivity contribution in [3.63, 3.8) is 0 Å². The first-order valence-electron chi connectivity index (χ1n) is 9.36. The lowest BCUT2D eigenvalue weighted by Gasteiger charge is -2.50. The predicted octanol–water partition coefficient (Wildman–Crippen LogP) is 5.04. The molecule has 4 heteroatoms. The molecule has 1 unspecified atom stereocenters. The van der Waals surface area contributed by atoms with Gasteiger partial charge in [0.15, 0.2) is 5.72 Å². The summed E-state index contributed by atoms with van der Waals surface area (Å²) in [6.45, 7) is 4.32. The molecule has 2 aliphatic heterocycles. The SMILES string of the molecule is Cc1ccc(C2=NN3C(C2)c2ccccc2OC32CCC(C)CC2)o1. The highest BCUT2D eigenvalue weighted by molar-refractivity contribution is 5.99. The van der Waals surface area contributed by atoms with Crippen LogP contribution in [0.3, 0.4) is 0 Å². The molecular formula is C21H24N2O2. The van der Waals surface area contributed by atoms with Crippen molar-refractivity contribution in [3.05, 3.63) is 53.5 Å². The number of para-hydroxylation sites is 1. The zero-order chi connectivity index (χ0) is 17.0. The summed E-state index contributed by atoms with van der Waals surface area (Å²) in [6, 6.07) is 12.8. The molecule has 0 radical (unpaired) electrons. The molecule has 1 aliphatic carbocycles. The molecule has 3 aliphatic rings. The number of aryl methyl sites for hydroxylation is 1. The van der Waals surface area contributed by atoms with Crippen LogP contribution in [-0.4, -0.2) is 16.4 Å². The van der Waals surface area contributed by atoms with Crippen LogP contribution in [0, 0.1) is 12.8 Å². The summed E-state index contributed by atoms with van der Waals surface area (Å²) in [6.07, 6.45) is 5.33. The van der Waals surface area contributed by atoms with E-state index < -0.39 is 0 Å². The third-order valence-electron chi connectivity index (χ3n) is 5.99. The van der Waals surface area contributed by atoms with E-state index in [0.717, 1.165) is 48.2 Å². The summed E-state index contributed by atoms with van der Waals surface area (Å²) in [5.74, 6) is 3.62. The second-order valence-electron chi connectivity index (χ2n) is 7.79. The van der Waals surface area contributed by atoms with Crippen LogP contribution in [0.15, 0.2) is 45.9 Å². The molecular weight excluding hydrogens is 312 g/mol. The topological polar surface area (TPSA) is 38.0 Å². The van der Waals surface area contributed by atoms with E-state index in [1.165, 1.54) is 18.4 Å². The van der Waals surface area contributed by atoms with Gasteiger partial charge < -0.3 is 9.15 Å². The van der Waals surface area contributed by atoms with Crippen molar-refractivity contribution in [1.29, 1.82) is 0 Å². The highest BCUT2D eigenvalue weighted by Crippen LogP contribution is 2.51. The molecule has 25 heavy (non-hydrogen) atoms. The van der Waals surface area contributed by atoms with Gasteiger partial charge in [-0.3, -0.25) is 0 Å². The Morgan fingerprint density at radius 2 is 1.92 bits per heavy atom. The maximum Gasteiger partial charge on any atom is 0.198 e. The number of fused-ring (bicyclic) bond motifs is 4. The number of rotatable bonds is 1. The maximum absolute atomic E-state index is 6.60. The average Bonchev–Trinajstić information content (AvgIpc) is 3.25. The van der Waals surface area contributed by atoms with E-state index in [9.17, 15) is 0 Å². The number of hydrogen-bond acceptors (Lipinski definition) is 4. The molecule has 1 aromatic carbocycles. The number of ether oxygens (including phenoxy) is 1. The Balaban J connectivity index is 1.58. The van der Waals surface area contributed by atoms with Gasteiger partial charge in [-0.05, 0) is 43.9 Å². The minimum absolute atomic E-state index is 0.249. The molecule has 0 N–H and O–H groups in total. The number of hydrogen-bond donors (Lipinski definition) is 0. The van der Waals surface area contributed by atoms with Crippen molar-refractivity contribution in [2.24, 2.45) is 11.0 Å². The van der Waals surface area contributed by atoms with Gasteiger partial charge in [0.05, 0.1) is 6.04 Å². The van der Waals surface area contributed by atoms with E-state index in [-0.39, 0.29) is 11.8 Å². The Morgan fingerprint density at radius 1 is 1.12 bits per heavy atom. The molecule has 2 aromatic rings. The highest BCUT2D eigenvalue weighted by atomic mass is 16.5. The summed E-state index contributed by atoms with van der Waals surface area (Å²) < 4.78 is 12.5. The van der Waals surface area contributed by atoms with E-state index in [0.29, 0.717) is 0 Å². The van der Waals surface area contributed by atoms with E-state index in [1.54, 1.807) is 0 Å². The lowest BCUT2D eigenvalue weighted by Crippen LogP contribution is -2.55. The fourth-order valence-corrected chi connectivity index (χ4v) is 4.51. The fourth-order valence-electron chi connectivity index (χ4n) is 4.51. The molecule has 5 rings (SSSR count). The molecule has 0 amide bonds. The van der Waals surface area contributed by atoms with Crippen LogP contribution in [-0.2, 0) is 0 Å². The molecule has 1 fully saturated rings. The molecule has 1 spiro atoms. The Hall–Kier alpha value is -2.23. The van der Waals surface area contributed by atoms with Crippen LogP contribution in [0.1, 0.15) is 62.2 Å². The second kappa shape index (κ2) is 5.38. The van der Waals surface area contributed by atoms with Crippen LogP contribution in [0.2, 0.25) is 0 Å². The smallest absolute Gasteiger partial charge is 0.198 e. The van der Waals surface area contributed by atoms with Gasteiger partial charge >= 0.3 is 0 Å². The van der Waals surface area contributed by atoms with Crippen LogP contribution in [0.5, 0.6) is 5.75 Å². The van der Waals surface area contributed by atoms with Gasteiger partial charge in [-0.1, -0.05) is 25.1 Å². The number of benzene rings is 1. The monoisotopic (exact) mass is 336 g/mol. The van der Waals surface area contributed by atoms with Crippen LogP contribution < -0.4 is 4.74 Å². The maximum atomic E-state index is 6.60. The molecule has 0 saturated heterocycles. The molecule has 3 heterocycles. The van der Waals surface area contributed by atoms with E-state index in [2.05, 4.69) is 36.2 Å². The third-order valence-corrected chi connectivity index (χ3v) is 5.99. The van der Waals surface area contributed by atoms with Crippen molar-refractivity contribution < 1.29 is 9.15 Å². The van der Waals surface area contributed by atoms with E-state index >= 15 is 0 Å². The minimum atomic E-state index is -0.297. The van der Waals surface area contributed by atoms with E-state index in [1.807, 2.05) is 19.1 Å². The second-order valence-corrected chi connectivity index (χ2v) is 7.79. The first-order chi connectivity index (χ1) is 12.1. The molecule has 1 atom stereocenters. The van der Waals surface area contributed by atoms with Gasteiger partial charge in [0.2, 0.25) is 0 Å². The molecule has 0 bridgehead atoms. The van der Waals surface area contributed by atoms with Crippen molar-refractivity contribution in [2.75, 3.05) is 0 Å². The standard InChI is InChI=1S/C21H24N2O2/c1-14-9-11-21(12-10-14)23-18(16-5-3-4-6-19(16)25-21)13-17(22-23)20-8-7-15(2)24-20/h3-8,14,18H,9-13H2,1-2H3. The summed E-state index contributed by atoms with van der Waals surface area (Å²) in [4.78, 5) is 0. The quantitative estimate of drug-likeness (QED) is 0.732. The normalized spacial score (nSPS) is 30.6. The molecule has 1 aromatic heterocycles. The van der Waals surface area contributed by atoms with Crippen molar-refractivity contribution in [3.8, 4) is 5.75 Å². The first-order valence-corrected chi connectivity index (χ1v) is 9.36. The van der Waals surface area contributed by atoms with Crippen LogP contribution in [0.4, 0.5) is 0 Å². The third kappa shape index (κ3) is 2.30. The minimum Gasteiger partial charge on any atom is -0.466 e. The van der Waals surface area contributed by atoms with Crippen molar-refractivity contribution >= 4 is 5.71 Å². The van der Waals surface area contributed by atoms with E-state index in [4.69, 9.17) is 14.3 Å². The molecule has 1 saturated carbocycles. The number of furan rings is 1. The number of nitrogens with zero attached hydrogens (tertiary/aromatic N) is 2. The highest BCUT2D eigenvalue weighted by Gasteiger charge is 2.51. The van der Waals surface area contributed by atoms with Gasteiger partial charge in [0.1, 0.15) is 23.0 Å². The average molecular weight is 336 g/mol. The van der Waals surface area contributed by atoms with Crippen molar-refractivity contribution in [2.45, 2.75) is 57.7 Å². The summed E-state index contributed by atoms with van der Waals surface area (Å²) in [5, 5.41) is 7.28. The van der Waals surface area contributed by atoms with Gasteiger partial charge in [0, 0.05) is 24.8 Å². The molecule has 4 nitrogen and oxygen atoms in total. The Morgan fingerprint density at radius 3 is 2.68 bits per heavy atom. The zero-order valence-corrected chi connectivity index (χ0v) is 14.9. The predicted molar refractivity (Wildman–Crippen MR) is 96.6 cm³/mol. The van der Waals surface area contributed by atoms with Crippen molar-refractivity contribution in [1.82, 2.24) is 5.01 Å². The fraction of sp³-hybridized carbons (Fsp3) is 0.476. The lowest BCUT2D eigenvalue weighted by molar-refractivity contribution is -0.145. The van der Waals surface area contributed by atoms with Gasteiger partial charge in [-0.2, -0.15) is 5.10 Å². The Labute approximate surface area is 148 Å². The zero-order valence-electron chi connectivity index (χ0n) is 14.9. The van der Waals surface area contributed by atoms with Gasteiger partial charge in [-0.25, -0.2) is 5.01 Å². The van der Waals surface area contributed by atoms with Crippen LogP contribution in [0.25, 0.3) is 0 Å². The Bertz CT molecular complexity index is 830. The summed E-state index contributed by atoms with van der Waals surface area (Å²) in [7, 11) is 0. The van der Waals surface area contributed by atoms with Gasteiger partial charge in [-0.15, -0.1) is 0 Å². The summed E-state index contributed by atoms with van der Waals surface area (Å²) in [5.41, 5.74) is 1.99.